The highest BCUT2D eigenvalue weighted by Gasteiger charge is 2.13. The summed E-state index contributed by atoms with van der Waals surface area (Å²) in [6.45, 7) is 6.99. The van der Waals surface area contributed by atoms with Crippen LogP contribution >= 0.6 is 11.8 Å². The number of hydrogen-bond acceptors (Lipinski definition) is 1. The number of rotatable bonds is 5. The molecule has 0 nitrogen and oxygen atoms in total. The standard InChI is InChI=1S/C9H20S/c1-5-9(2,3)7-6-8-10-4/h5-8H2,1-4H3. The van der Waals surface area contributed by atoms with Gasteiger partial charge in [-0.1, -0.05) is 27.2 Å². The maximum Gasteiger partial charge on any atom is -0.00701 e. The molecule has 0 aliphatic carbocycles. The Kier molecular flexibility index (Phi) is 5.24. The summed E-state index contributed by atoms with van der Waals surface area (Å²) in [7, 11) is 0. The molecule has 0 saturated carbocycles. The Morgan fingerprint density at radius 3 is 2.30 bits per heavy atom. The quantitative estimate of drug-likeness (QED) is 0.554. The summed E-state index contributed by atoms with van der Waals surface area (Å²) in [5.41, 5.74) is 0.579. The molecule has 0 aromatic rings. The molecule has 0 atom stereocenters. The largest absolute Gasteiger partial charge is 0.165 e. The first-order chi connectivity index (χ1) is 4.62. The first kappa shape index (κ1) is 10.3. The van der Waals surface area contributed by atoms with E-state index in [-0.39, 0.29) is 0 Å². The Hall–Kier alpha value is 0.350. The van der Waals surface area contributed by atoms with E-state index in [0.29, 0.717) is 5.41 Å². The third kappa shape index (κ3) is 5.16. The van der Waals surface area contributed by atoms with Gasteiger partial charge in [0.2, 0.25) is 0 Å². The highest BCUT2D eigenvalue weighted by atomic mass is 32.2. The van der Waals surface area contributed by atoms with Gasteiger partial charge in [0.25, 0.3) is 0 Å². The van der Waals surface area contributed by atoms with Gasteiger partial charge in [-0.05, 0) is 30.3 Å². The summed E-state index contributed by atoms with van der Waals surface area (Å²) in [6, 6.07) is 0. The lowest BCUT2D eigenvalue weighted by Crippen LogP contribution is -2.09. The average Bonchev–Trinajstić information content (AvgIpc) is 1.89. The topological polar surface area (TPSA) is 0 Å². The summed E-state index contributed by atoms with van der Waals surface area (Å²) in [6.07, 6.45) is 6.24. The summed E-state index contributed by atoms with van der Waals surface area (Å²) in [5.74, 6) is 1.32. The molecule has 0 amide bonds. The van der Waals surface area contributed by atoms with Crippen molar-refractivity contribution in [3.05, 3.63) is 0 Å². The second-order valence-corrected chi connectivity index (χ2v) is 4.60. The zero-order valence-electron chi connectivity index (χ0n) is 7.74. The van der Waals surface area contributed by atoms with Crippen LogP contribution in [0.25, 0.3) is 0 Å². The van der Waals surface area contributed by atoms with Crippen molar-refractivity contribution in [1.29, 1.82) is 0 Å². The molecule has 0 unspecified atom stereocenters. The Labute approximate surface area is 69.8 Å². The van der Waals surface area contributed by atoms with Crippen LogP contribution in [-0.2, 0) is 0 Å². The van der Waals surface area contributed by atoms with E-state index in [1.165, 1.54) is 25.0 Å². The summed E-state index contributed by atoms with van der Waals surface area (Å²) in [4.78, 5) is 0. The SMILES string of the molecule is CCC(C)(C)CCCSC. The molecule has 62 valence electrons. The van der Waals surface area contributed by atoms with Crippen molar-refractivity contribution in [2.75, 3.05) is 12.0 Å². The molecule has 0 aromatic heterocycles. The fourth-order valence-electron chi connectivity index (χ4n) is 0.872. The molecule has 0 radical (unpaired) electrons. The van der Waals surface area contributed by atoms with Gasteiger partial charge in [-0.25, -0.2) is 0 Å². The molecule has 0 bridgehead atoms. The molecule has 0 spiro atoms. The maximum absolute atomic E-state index is 2.35. The fourth-order valence-corrected chi connectivity index (χ4v) is 1.30. The van der Waals surface area contributed by atoms with Crippen LogP contribution in [0.2, 0.25) is 0 Å². The lowest BCUT2D eigenvalue weighted by Gasteiger charge is -2.21. The number of thioether (sulfide) groups is 1. The molecule has 0 rings (SSSR count). The highest BCUT2D eigenvalue weighted by molar-refractivity contribution is 7.98. The average molecular weight is 160 g/mol. The molecule has 0 fully saturated rings. The van der Waals surface area contributed by atoms with Gasteiger partial charge in [-0.3, -0.25) is 0 Å². The molecule has 0 aliphatic heterocycles. The van der Waals surface area contributed by atoms with Crippen LogP contribution in [0.5, 0.6) is 0 Å². The van der Waals surface area contributed by atoms with E-state index >= 15 is 0 Å². The second-order valence-electron chi connectivity index (χ2n) is 3.61. The normalized spacial score (nSPS) is 12.0. The van der Waals surface area contributed by atoms with Crippen molar-refractivity contribution in [2.45, 2.75) is 40.0 Å². The third-order valence-electron chi connectivity index (χ3n) is 2.16. The van der Waals surface area contributed by atoms with E-state index in [9.17, 15) is 0 Å². The van der Waals surface area contributed by atoms with E-state index in [2.05, 4.69) is 27.0 Å². The van der Waals surface area contributed by atoms with Crippen LogP contribution in [0.3, 0.4) is 0 Å². The molecular weight excluding hydrogens is 140 g/mol. The van der Waals surface area contributed by atoms with E-state index in [1.54, 1.807) is 0 Å². The minimum Gasteiger partial charge on any atom is -0.165 e. The van der Waals surface area contributed by atoms with Gasteiger partial charge < -0.3 is 0 Å². The van der Waals surface area contributed by atoms with Crippen LogP contribution in [0, 0.1) is 5.41 Å². The van der Waals surface area contributed by atoms with Gasteiger partial charge in [-0.15, -0.1) is 0 Å². The van der Waals surface area contributed by atoms with Crippen LogP contribution in [0.4, 0.5) is 0 Å². The van der Waals surface area contributed by atoms with Crippen molar-refractivity contribution in [2.24, 2.45) is 5.41 Å². The molecule has 0 N–H and O–H groups in total. The summed E-state index contributed by atoms with van der Waals surface area (Å²) in [5, 5.41) is 0. The Bertz CT molecular complexity index is 76.8. The van der Waals surface area contributed by atoms with Gasteiger partial charge in [0, 0.05) is 0 Å². The van der Waals surface area contributed by atoms with Crippen LogP contribution in [0.15, 0.2) is 0 Å². The third-order valence-corrected chi connectivity index (χ3v) is 2.86. The van der Waals surface area contributed by atoms with Gasteiger partial charge in [0.15, 0.2) is 0 Å². The van der Waals surface area contributed by atoms with Crippen molar-refractivity contribution in [3.8, 4) is 0 Å². The molecular formula is C9H20S. The van der Waals surface area contributed by atoms with Crippen molar-refractivity contribution < 1.29 is 0 Å². The van der Waals surface area contributed by atoms with Crippen LogP contribution < -0.4 is 0 Å². The van der Waals surface area contributed by atoms with E-state index in [4.69, 9.17) is 0 Å². The minimum atomic E-state index is 0.579. The lowest BCUT2D eigenvalue weighted by molar-refractivity contribution is 0.320. The first-order valence-corrected chi connectivity index (χ1v) is 5.50. The molecule has 10 heavy (non-hydrogen) atoms. The van der Waals surface area contributed by atoms with Gasteiger partial charge in [0.1, 0.15) is 0 Å². The minimum absolute atomic E-state index is 0.579. The smallest absolute Gasteiger partial charge is 0.00701 e. The predicted octanol–water partition coefficient (Wildman–Crippen LogP) is 3.57. The van der Waals surface area contributed by atoms with Crippen LogP contribution in [0.1, 0.15) is 40.0 Å². The fraction of sp³-hybridized carbons (Fsp3) is 1.00. The molecule has 0 heterocycles. The Morgan fingerprint density at radius 2 is 1.90 bits per heavy atom. The molecule has 1 heteroatoms. The monoisotopic (exact) mass is 160 g/mol. The molecule has 0 aromatic carbocycles. The second kappa shape index (κ2) is 5.06. The van der Waals surface area contributed by atoms with Crippen LogP contribution in [-0.4, -0.2) is 12.0 Å². The van der Waals surface area contributed by atoms with Gasteiger partial charge >= 0.3 is 0 Å². The summed E-state index contributed by atoms with van der Waals surface area (Å²) < 4.78 is 0. The van der Waals surface area contributed by atoms with Gasteiger partial charge in [-0.2, -0.15) is 11.8 Å². The Morgan fingerprint density at radius 1 is 1.30 bits per heavy atom. The van der Waals surface area contributed by atoms with E-state index in [1.807, 2.05) is 11.8 Å². The zero-order valence-corrected chi connectivity index (χ0v) is 8.55. The van der Waals surface area contributed by atoms with Gasteiger partial charge in [0.05, 0.1) is 0 Å². The predicted molar refractivity (Wildman–Crippen MR) is 51.7 cm³/mol. The zero-order chi connectivity index (χ0) is 8.04. The molecule has 0 aliphatic rings. The summed E-state index contributed by atoms with van der Waals surface area (Å²) >= 11 is 1.95. The highest BCUT2D eigenvalue weighted by Crippen LogP contribution is 2.26. The van der Waals surface area contributed by atoms with E-state index < -0.39 is 0 Å². The maximum atomic E-state index is 2.35. The molecule has 0 saturated heterocycles. The van der Waals surface area contributed by atoms with Crippen molar-refractivity contribution in [3.63, 3.8) is 0 Å². The Balaban J connectivity index is 3.28. The van der Waals surface area contributed by atoms with Crippen molar-refractivity contribution >= 4 is 11.8 Å². The first-order valence-electron chi connectivity index (χ1n) is 4.11. The lowest BCUT2D eigenvalue weighted by atomic mass is 9.86. The van der Waals surface area contributed by atoms with E-state index in [0.717, 1.165) is 0 Å². The van der Waals surface area contributed by atoms with Crippen molar-refractivity contribution in [1.82, 2.24) is 0 Å². The number of hydrogen-bond donors (Lipinski definition) is 0.